The molecule has 2 heteroatoms. The summed E-state index contributed by atoms with van der Waals surface area (Å²) in [5.41, 5.74) is 0. The van der Waals surface area contributed by atoms with Crippen molar-refractivity contribution in [2.45, 2.75) is 84.2 Å². The molecule has 1 aliphatic rings. The second kappa shape index (κ2) is 7.86. The maximum Gasteiger partial charge on any atom is 0.146 e. The number of hydrogen-bond donors (Lipinski definition) is 1. The smallest absolute Gasteiger partial charge is 0.146 e. The topological polar surface area (TPSA) is 29.1 Å². The van der Waals surface area contributed by atoms with E-state index in [9.17, 15) is 4.79 Å². The fourth-order valence-corrected chi connectivity index (χ4v) is 3.08. The van der Waals surface area contributed by atoms with Crippen LogP contribution in [0.4, 0.5) is 0 Å². The Kier molecular flexibility index (Phi) is 6.79. The first-order chi connectivity index (χ1) is 8.19. The largest absolute Gasteiger partial charge is 0.304 e. The summed E-state index contributed by atoms with van der Waals surface area (Å²) in [6, 6.07) is 0.734. The lowest BCUT2D eigenvalue weighted by molar-refractivity contribution is -0.119. The second-order valence-corrected chi connectivity index (χ2v) is 5.59. The first-order valence-electron chi connectivity index (χ1n) is 7.45. The molecule has 0 saturated carbocycles. The number of hydrogen-bond acceptors (Lipinski definition) is 2. The van der Waals surface area contributed by atoms with Gasteiger partial charge in [0, 0.05) is 6.04 Å². The standard InChI is InChI=1S/C15H29NO/c1-4-6-7-8-10-13-11-14(9-5-2)16-15(13)12(3)17/h13-16H,4-11H2,1-3H3. The molecule has 0 radical (unpaired) electrons. The van der Waals surface area contributed by atoms with Crippen LogP contribution >= 0.6 is 0 Å². The summed E-state index contributed by atoms with van der Waals surface area (Å²) in [5.74, 6) is 0.935. The number of Topliss-reactive ketones (excluding diaryl/α,β-unsaturated/α-hetero) is 1. The van der Waals surface area contributed by atoms with Crippen molar-refractivity contribution in [1.82, 2.24) is 5.32 Å². The van der Waals surface area contributed by atoms with Crippen LogP contribution in [0.3, 0.4) is 0 Å². The minimum atomic E-state index is 0.146. The normalized spacial score (nSPS) is 28.5. The van der Waals surface area contributed by atoms with Crippen molar-refractivity contribution in [2.75, 3.05) is 0 Å². The van der Waals surface area contributed by atoms with Gasteiger partial charge in [-0.2, -0.15) is 0 Å². The Morgan fingerprint density at radius 3 is 2.47 bits per heavy atom. The summed E-state index contributed by atoms with van der Waals surface area (Å²) in [4.78, 5) is 11.6. The van der Waals surface area contributed by atoms with Crippen LogP contribution in [0.15, 0.2) is 0 Å². The summed E-state index contributed by atoms with van der Waals surface area (Å²) < 4.78 is 0. The van der Waals surface area contributed by atoms with E-state index in [0.29, 0.717) is 17.7 Å². The lowest BCUT2D eigenvalue weighted by Crippen LogP contribution is -2.37. The molecule has 17 heavy (non-hydrogen) atoms. The Bertz CT molecular complexity index is 227. The summed E-state index contributed by atoms with van der Waals surface area (Å²) in [7, 11) is 0. The van der Waals surface area contributed by atoms with Crippen molar-refractivity contribution in [1.29, 1.82) is 0 Å². The molecule has 1 heterocycles. The van der Waals surface area contributed by atoms with Crippen LogP contribution < -0.4 is 5.32 Å². The number of rotatable bonds is 8. The second-order valence-electron chi connectivity index (χ2n) is 5.59. The zero-order valence-corrected chi connectivity index (χ0v) is 11.8. The van der Waals surface area contributed by atoms with Gasteiger partial charge in [-0.1, -0.05) is 46.0 Å². The van der Waals surface area contributed by atoms with Gasteiger partial charge >= 0.3 is 0 Å². The predicted octanol–water partition coefficient (Wildman–Crippen LogP) is 3.69. The average molecular weight is 239 g/mol. The quantitative estimate of drug-likeness (QED) is 0.654. The van der Waals surface area contributed by atoms with Gasteiger partial charge < -0.3 is 5.32 Å². The van der Waals surface area contributed by atoms with Crippen molar-refractivity contribution < 1.29 is 4.79 Å². The van der Waals surface area contributed by atoms with Gasteiger partial charge in [0.1, 0.15) is 5.78 Å². The van der Waals surface area contributed by atoms with E-state index in [1.807, 2.05) is 0 Å². The molecule has 1 fully saturated rings. The molecular weight excluding hydrogens is 210 g/mol. The molecule has 1 saturated heterocycles. The third kappa shape index (κ3) is 4.79. The Hall–Kier alpha value is -0.370. The molecule has 2 nitrogen and oxygen atoms in total. The third-order valence-electron chi connectivity index (χ3n) is 3.98. The highest BCUT2D eigenvalue weighted by molar-refractivity contribution is 5.82. The third-order valence-corrected chi connectivity index (χ3v) is 3.98. The highest BCUT2D eigenvalue weighted by Crippen LogP contribution is 2.28. The Morgan fingerprint density at radius 2 is 1.88 bits per heavy atom. The Labute approximate surface area is 107 Å². The molecule has 0 aromatic rings. The van der Waals surface area contributed by atoms with Crippen LogP contribution in [-0.2, 0) is 4.79 Å². The predicted molar refractivity (Wildman–Crippen MR) is 73.2 cm³/mol. The van der Waals surface area contributed by atoms with Gasteiger partial charge in [0.05, 0.1) is 6.04 Å². The summed E-state index contributed by atoms with van der Waals surface area (Å²) in [5, 5.41) is 3.53. The monoisotopic (exact) mass is 239 g/mol. The van der Waals surface area contributed by atoms with Crippen molar-refractivity contribution in [2.24, 2.45) is 5.92 Å². The van der Waals surface area contributed by atoms with E-state index in [-0.39, 0.29) is 6.04 Å². The number of carbonyl (C=O) groups is 1. The first-order valence-corrected chi connectivity index (χ1v) is 7.45. The molecule has 0 amide bonds. The number of nitrogens with one attached hydrogen (secondary N) is 1. The highest BCUT2D eigenvalue weighted by Gasteiger charge is 2.34. The van der Waals surface area contributed by atoms with Gasteiger partial charge in [-0.15, -0.1) is 0 Å². The molecule has 0 aliphatic carbocycles. The summed E-state index contributed by atoms with van der Waals surface area (Å²) in [6.07, 6.45) is 10.1. The van der Waals surface area contributed by atoms with Crippen LogP contribution in [0.1, 0.15) is 72.1 Å². The van der Waals surface area contributed by atoms with Crippen LogP contribution in [0.2, 0.25) is 0 Å². The first kappa shape index (κ1) is 14.7. The van der Waals surface area contributed by atoms with Gasteiger partial charge in [0.2, 0.25) is 0 Å². The molecular formula is C15H29NO. The van der Waals surface area contributed by atoms with Gasteiger partial charge in [0.25, 0.3) is 0 Å². The molecule has 0 aromatic heterocycles. The minimum Gasteiger partial charge on any atom is -0.304 e. The minimum absolute atomic E-state index is 0.146. The van der Waals surface area contributed by atoms with Gasteiger partial charge in [-0.05, 0) is 32.1 Å². The molecule has 3 atom stereocenters. The van der Waals surface area contributed by atoms with Crippen LogP contribution in [0.5, 0.6) is 0 Å². The van der Waals surface area contributed by atoms with E-state index in [0.717, 1.165) is 0 Å². The van der Waals surface area contributed by atoms with Gasteiger partial charge in [-0.25, -0.2) is 0 Å². The Morgan fingerprint density at radius 1 is 1.12 bits per heavy atom. The van der Waals surface area contributed by atoms with E-state index in [1.165, 1.54) is 51.4 Å². The lowest BCUT2D eigenvalue weighted by atomic mass is 9.90. The van der Waals surface area contributed by atoms with E-state index in [1.54, 1.807) is 6.92 Å². The number of ketones is 1. The van der Waals surface area contributed by atoms with Crippen molar-refractivity contribution in [3.8, 4) is 0 Å². The maximum atomic E-state index is 11.6. The Balaban J connectivity index is 2.36. The maximum absolute atomic E-state index is 11.6. The van der Waals surface area contributed by atoms with E-state index >= 15 is 0 Å². The van der Waals surface area contributed by atoms with Crippen LogP contribution in [-0.4, -0.2) is 17.9 Å². The SMILES string of the molecule is CCCCCCC1CC(CCC)NC1C(C)=O. The molecule has 3 unspecified atom stereocenters. The molecule has 1 rings (SSSR count). The molecule has 1 aliphatic heterocycles. The zero-order chi connectivity index (χ0) is 12.7. The molecule has 0 spiro atoms. The fraction of sp³-hybridized carbons (Fsp3) is 0.933. The van der Waals surface area contributed by atoms with Crippen molar-refractivity contribution in [3.63, 3.8) is 0 Å². The molecule has 1 N–H and O–H groups in total. The van der Waals surface area contributed by atoms with Crippen molar-refractivity contribution in [3.05, 3.63) is 0 Å². The van der Waals surface area contributed by atoms with E-state index in [4.69, 9.17) is 0 Å². The van der Waals surface area contributed by atoms with Crippen LogP contribution in [0, 0.1) is 5.92 Å². The van der Waals surface area contributed by atoms with Crippen LogP contribution in [0.25, 0.3) is 0 Å². The number of unbranched alkanes of at least 4 members (excludes halogenated alkanes) is 3. The molecule has 100 valence electrons. The fourth-order valence-electron chi connectivity index (χ4n) is 3.08. The number of carbonyl (C=O) groups excluding carboxylic acids is 1. The lowest BCUT2D eigenvalue weighted by Gasteiger charge is -2.16. The van der Waals surface area contributed by atoms with Crippen molar-refractivity contribution >= 4 is 5.78 Å². The highest BCUT2D eigenvalue weighted by atomic mass is 16.1. The summed E-state index contributed by atoms with van der Waals surface area (Å²) in [6.45, 7) is 6.21. The van der Waals surface area contributed by atoms with E-state index < -0.39 is 0 Å². The van der Waals surface area contributed by atoms with Gasteiger partial charge in [0.15, 0.2) is 0 Å². The zero-order valence-electron chi connectivity index (χ0n) is 11.8. The molecule has 0 bridgehead atoms. The van der Waals surface area contributed by atoms with Gasteiger partial charge in [-0.3, -0.25) is 4.79 Å². The average Bonchev–Trinajstić information content (AvgIpc) is 2.68. The summed E-state index contributed by atoms with van der Waals surface area (Å²) >= 11 is 0. The van der Waals surface area contributed by atoms with E-state index in [2.05, 4.69) is 19.2 Å². The molecule has 0 aromatic carbocycles.